The fraction of sp³-hybridized carbons (Fsp3) is 0.500. The van der Waals surface area contributed by atoms with E-state index in [9.17, 15) is 9.18 Å². The summed E-state index contributed by atoms with van der Waals surface area (Å²) in [7, 11) is 1.58. The highest BCUT2D eigenvalue weighted by Crippen LogP contribution is 2.29. The molecule has 1 amide bonds. The zero-order valence-corrected chi connectivity index (χ0v) is 12.7. The van der Waals surface area contributed by atoms with E-state index in [-0.39, 0.29) is 17.6 Å². The predicted octanol–water partition coefficient (Wildman–Crippen LogP) is 2.76. The molecule has 0 aromatic heterocycles. The third-order valence-corrected chi connectivity index (χ3v) is 4.19. The maximum atomic E-state index is 13.9. The average Bonchev–Trinajstić information content (AvgIpc) is 2.42. The molecule has 1 aromatic carbocycles. The van der Waals surface area contributed by atoms with Crippen LogP contribution in [0.5, 0.6) is 0 Å². The van der Waals surface area contributed by atoms with E-state index in [4.69, 9.17) is 4.74 Å². The molecule has 104 valence electrons. The van der Waals surface area contributed by atoms with Gasteiger partial charge in [0, 0.05) is 30.2 Å². The molecular weight excluding hydrogens is 313 g/mol. The Labute approximate surface area is 120 Å². The molecule has 0 fully saturated rings. The van der Waals surface area contributed by atoms with Gasteiger partial charge >= 0.3 is 0 Å². The Morgan fingerprint density at radius 3 is 2.95 bits per heavy atom. The number of fused-ring (bicyclic) bond motifs is 1. The molecule has 1 atom stereocenters. The number of benzene rings is 1. The molecule has 0 N–H and O–H groups in total. The van der Waals surface area contributed by atoms with E-state index in [0.29, 0.717) is 31.7 Å². The highest BCUT2D eigenvalue weighted by molar-refractivity contribution is 9.10. The lowest BCUT2D eigenvalue weighted by Gasteiger charge is -2.31. The highest BCUT2D eigenvalue weighted by atomic mass is 79.9. The lowest BCUT2D eigenvalue weighted by molar-refractivity contribution is -0.137. The first kappa shape index (κ1) is 14.5. The van der Waals surface area contributed by atoms with Crippen LogP contribution in [0.4, 0.5) is 4.39 Å². The van der Waals surface area contributed by atoms with Gasteiger partial charge < -0.3 is 9.64 Å². The van der Waals surface area contributed by atoms with E-state index in [1.165, 1.54) is 6.07 Å². The Hall–Kier alpha value is -0.940. The van der Waals surface area contributed by atoms with Gasteiger partial charge in [0.2, 0.25) is 5.91 Å². The molecule has 0 aliphatic carbocycles. The zero-order valence-electron chi connectivity index (χ0n) is 11.1. The number of amides is 1. The number of rotatable bonds is 3. The van der Waals surface area contributed by atoms with Crippen LogP contribution in [0.15, 0.2) is 16.6 Å². The van der Waals surface area contributed by atoms with Crippen molar-refractivity contribution in [1.82, 2.24) is 4.90 Å². The van der Waals surface area contributed by atoms with Gasteiger partial charge in [-0.25, -0.2) is 4.39 Å². The number of methoxy groups -OCH3 is 1. The van der Waals surface area contributed by atoms with Gasteiger partial charge in [-0.1, -0.05) is 22.9 Å². The summed E-state index contributed by atoms with van der Waals surface area (Å²) in [5, 5.41) is 0. The first-order chi connectivity index (χ1) is 9.04. The van der Waals surface area contributed by atoms with Crippen LogP contribution in [0, 0.1) is 11.7 Å². The minimum absolute atomic E-state index is 0.0203. The second-order valence-corrected chi connectivity index (χ2v) is 5.71. The van der Waals surface area contributed by atoms with Crippen molar-refractivity contribution in [3.05, 3.63) is 33.5 Å². The van der Waals surface area contributed by atoms with Crippen molar-refractivity contribution in [3.63, 3.8) is 0 Å². The van der Waals surface area contributed by atoms with Crippen molar-refractivity contribution < 1.29 is 13.9 Å². The molecular formula is C14H17BrFNO2. The number of nitrogens with zero attached hydrogens (tertiary/aromatic N) is 1. The molecule has 3 nitrogen and oxygen atoms in total. The molecule has 19 heavy (non-hydrogen) atoms. The van der Waals surface area contributed by atoms with E-state index in [1.807, 2.05) is 6.92 Å². The second kappa shape index (κ2) is 6.01. The zero-order chi connectivity index (χ0) is 14.0. The summed E-state index contributed by atoms with van der Waals surface area (Å²) in [6.07, 6.45) is 0.680. The molecule has 1 aromatic rings. The van der Waals surface area contributed by atoms with Crippen LogP contribution in [-0.4, -0.2) is 31.1 Å². The molecule has 1 aliphatic heterocycles. The fourth-order valence-electron chi connectivity index (χ4n) is 2.41. The van der Waals surface area contributed by atoms with Gasteiger partial charge in [-0.2, -0.15) is 0 Å². The van der Waals surface area contributed by atoms with Crippen molar-refractivity contribution >= 4 is 21.8 Å². The first-order valence-corrected chi connectivity index (χ1v) is 7.07. The lowest BCUT2D eigenvalue weighted by atomic mass is 9.98. The number of hydrogen-bond acceptors (Lipinski definition) is 2. The smallest absolute Gasteiger partial charge is 0.228 e. The molecule has 0 bridgehead atoms. The lowest BCUT2D eigenvalue weighted by Crippen LogP contribution is -2.40. The molecule has 5 heteroatoms. The summed E-state index contributed by atoms with van der Waals surface area (Å²) >= 11 is 3.44. The summed E-state index contributed by atoms with van der Waals surface area (Å²) in [5.41, 5.74) is 1.60. The van der Waals surface area contributed by atoms with Crippen molar-refractivity contribution in [3.8, 4) is 0 Å². The molecule has 0 saturated heterocycles. The van der Waals surface area contributed by atoms with E-state index in [1.54, 1.807) is 18.1 Å². The quantitative estimate of drug-likeness (QED) is 0.853. The standard InChI is InChI=1S/C14H17BrFNO2/c1-9(8-19-2)14(18)17-6-5-10-11(7-17)13(16)4-3-12(10)15/h3-4,9H,5-8H2,1-2H3/t9-/m0/s1. The van der Waals surface area contributed by atoms with E-state index < -0.39 is 0 Å². The SMILES string of the molecule is COC[C@H](C)C(=O)N1CCc2c(Br)ccc(F)c2C1. The largest absolute Gasteiger partial charge is 0.384 e. The van der Waals surface area contributed by atoms with Crippen molar-refractivity contribution in [2.24, 2.45) is 5.92 Å². The van der Waals surface area contributed by atoms with Gasteiger partial charge in [-0.05, 0) is 24.1 Å². The number of ether oxygens (including phenoxy) is 1. The summed E-state index contributed by atoms with van der Waals surface area (Å²) in [5.74, 6) is -0.413. The van der Waals surface area contributed by atoms with E-state index in [0.717, 1.165) is 10.0 Å². The Bertz CT molecular complexity index is 493. The van der Waals surface area contributed by atoms with Crippen LogP contribution in [0.1, 0.15) is 18.1 Å². The summed E-state index contributed by atoms with van der Waals surface area (Å²) in [4.78, 5) is 13.9. The van der Waals surface area contributed by atoms with Gasteiger partial charge in [0.25, 0.3) is 0 Å². The van der Waals surface area contributed by atoms with Crippen LogP contribution in [0.3, 0.4) is 0 Å². The average molecular weight is 330 g/mol. The molecule has 0 saturated carbocycles. The van der Waals surface area contributed by atoms with Gasteiger partial charge in [-0.3, -0.25) is 4.79 Å². The Morgan fingerprint density at radius 1 is 1.53 bits per heavy atom. The predicted molar refractivity (Wildman–Crippen MR) is 74.3 cm³/mol. The van der Waals surface area contributed by atoms with Crippen LogP contribution >= 0.6 is 15.9 Å². The first-order valence-electron chi connectivity index (χ1n) is 6.28. The Morgan fingerprint density at radius 2 is 2.26 bits per heavy atom. The van der Waals surface area contributed by atoms with Crippen molar-refractivity contribution in [2.75, 3.05) is 20.3 Å². The molecule has 0 spiro atoms. The van der Waals surface area contributed by atoms with Crippen LogP contribution < -0.4 is 0 Å². The number of carbonyl (C=O) groups excluding carboxylic acids is 1. The van der Waals surface area contributed by atoms with Gasteiger partial charge in [0.05, 0.1) is 12.5 Å². The minimum Gasteiger partial charge on any atom is -0.384 e. The number of carbonyl (C=O) groups is 1. The Kier molecular flexibility index (Phi) is 4.58. The number of halogens is 2. The molecule has 1 aliphatic rings. The third-order valence-electron chi connectivity index (χ3n) is 3.45. The second-order valence-electron chi connectivity index (χ2n) is 4.85. The fourth-order valence-corrected chi connectivity index (χ4v) is 2.98. The molecule has 2 rings (SSSR count). The van der Waals surface area contributed by atoms with Gasteiger partial charge in [0.15, 0.2) is 0 Å². The summed E-state index contributed by atoms with van der Waals surface area (Å²) in [6.45, 7) is 3.19. The van der Waals surface area contributed by atoms with Crippen molar-refractivity contribution in [1.29, 1.82) is 0 Å². The normalized spacial score (nSPS) is 16.1. The maximum Gasteiger partial charge on any atom is 0.228 e. The van der Waals surface area contributed by atoms with E-state index >= 15 is 0 Å². The minimum atomic E-state index is -0.241. The van der Waals surface area contributed by atoms with Crippen molar-refractivity contribution in [2.45, 2.75) is 19.9 Å². The van der Waals surface area contributed by atoms with E-state index in [2.05, 4.69) is 15.9 Å². The molecule has 1 heterocycles. The van der Waals surface area contributed by atoms with Gasteiger partial charge in [0.1, 0.15) is 5.82 Å². The van der Waals surface area contributed by atoms with Crippen LogP contribution in [0.2, 0.25) is 0 Å². The topological polar surface area (TPSA) is 29.5 Å². The number of hydrogen-bond donors (Lipinski definition) is 0. The third kappa shape index (κ3) is 2.98. The maximum absolute atomic E-state index is 13.9. The monoisotopic (exact) mass is 329 g/mol. The highest BCUT2D eigenvalue weighted by Gasteiger charge is 2.27. The summed E-state index contributed by atoms with van der Waals surface area (Å²) < 4.78 is 19.8. The van der Waals surface area contributed by atoms with Crippen LogP contribution in [-0.2, 0) is 22.5 Å². The van der Waals surface area contributed by atoms with Crippen LogP contribution in [0.25, 0.3) is 0 Å². The molecule has 0 radical (unpaired) electrons. The molecule has 0 unspecified atom stereocenters. The summed E-state index contributed by atoms with van der Waals surface area (Å²) in [6, 6.07) is 3.16. The Balaban J connectivity index is 2.18. The van der Waals surface area contributed by atoms with Gasteiger partial charge in [-0.15, -0.1) is 0 Å².